The quantitative estimate of drug-likeness (QED) is 0.445. The van der Waals surface area contributed by atoms with Gasteiger partial charge >= 0.3 is 6.00 Å². The van der Waals surface area contributed by atoms with E-state index < -0.39 is 21.3 Å². The summed E-state index contributed by atoms with van der Waals surface area (Å²) < 4.78 is 28.0. The third-order valence-corrected chi connectivity index (χ3v) is 6.83. The Morgan fingerprint density at radius 1 is 1.33 bits per heavy atom. The zero-order valence-electron chi connectivity index (χ0n) is 8.09. The van der Waals surface area contributed by atoms with Gasteiger partial charge in [0.25, 0.3) is 0 Å². The lowest BCUT2D eigenvalue weighted by Crippen LogP contribution is -2.21. The van der Waals surface area contributed by atoms with E-state index in [1.165, 1.54) is 0 Å². The lowest BCUT2D eigenvalue weighted by atomic mass is 10.4. The summed E-state index contributed by atoms with van der Waals surface area (Å²) in [4.78, 5) is 0. The molecule has 15 heavy (non-hydrogen) atoms. The van der Waals surface area contributed by atoms with E-state index in [1.807, 2.05) is 0 Å². The first-order valence-corrected chi connectivity index (χ1v) is 11.7. The molecule has 1 fully saturated rings. The number of hydrogen-bond acceptors (Lipinski definition) is 3. The van der Waals surface area contributed by atoms with Crippen molar-refractivity contribution in [2.75, 3.05) is 12.4 Å². The van der Waals surface area contributed by atoms with Gasteiger partial charge in [0.05, 0.1) is 5.75 Å². The van der Waals surface area contributed by atoms with Crippen LogP contribution < -0.4 is 0 Å². The molecule has 0 aliphatic carbocycles. The first-order chi connectivity index (χ1) is 6.81. The molecule has 0 N–H and O–H groups in total. The second kappa shape index (κ2) is 5.56. The van der Waals surface area contributed by atoms with Crippen LogP contribution in [0.25, 0.3) is 0 Å². The van der Waals surface area contributed by atoms with Gasteiger partial charge in [-0.1, -0.05) is 0 Å². The fourth-order valence-corrected chi connectivity index (χ4v) is 4.85. The molecule has 1 unspecified atom stereocenters. The highest BCUT2D eigenvalue weighted by atomic mass is 35.8. The van der Waals surface area contributed by atoms with E-state index in [0.29, 0.717) is 31.9 Å². The Labute approximate surface area is 105 Å². The highest BCUT2D eigenvalue weighted by Crippen LogP contribution is 2.27. The maximum atomic E-state index is 11.4. The van der Waals surface area contributed by atoms with Crippen LogP contribution in [0.2, 0.25) is 6.04 Å². The van der Waals surface area contributed by atoms with Gasteiger partial charge in [0.15, 0.2) is 15.3 Å². The monoisotopic (exact) mass is 310 g/mol. The molecular formula is C7H13Cl3O3SSi. The average molecular weight is 312 g/mol. The minimum Gasteiger partial charge on any atom is -0.362 e. The van der Waals surface area contributed by atoms with Gasteiger partial charge in [-0.15, -0.1) is 33.2 Å². The molecule has 8 heteroatoms. The van der Waals surface area contributed by atoms with Crippen LogP contribution in [0, 0.1) is 0 Å². The molecule has 1 atom stereocenters. The van der Waals surface area contributed by atoms with Crippen molar-refractivity contribution >= 4 is 49.1 Å². The summed E-state index contributed by atoms with van der Waals surface area (Å²) in [6, 6.07) is -2.08. The largest absolute Gasteiger partial charge is 0.362 e. The van der Waals surface area contributed by atoms with Crippen molar-refractivity contribution in [2.24, 2.45) is 0 Å². The molecule has 1 aliphatic rings. The molecule has 0 spiro atoms. The summed E-state index contributed by atoms with van der Waals surface area (Å²) in [7, 11) is -3.01. The Morgan fingerprint density at radius 2 is 2.00 bits per heavy atom. The van der Waals surface area contributed by atoms with Crippen LogP contribution in [0.4, 0.5) is 0 Å². The molecule has 0 radical (unpaired) electrons. The van der Waals surface area contributed by atoms with Gasteiger partial charge in [-0.25, -0.2) is 8.42 Å². The topological polar surface area (TPSA) is 43.4 Å². The maximum absolute atomic E-state index is 11.4. The molecule has 3 nitrogen and oxygen atoms in total. The second-order valence-corrected chi connectivity index (χ2v) is 15.1. The van der Waals surface area contributed by atoms with Crippen LogP contribution in [0.15, 0.2) is 0 Å². The molecule has 0 bridgehead atoms. The number of ether oxygens (including phenoxy) is 1. The number of halogens is 3. The summed E-state index contributed by atoms with van der Waals surface area (Å²) >= 11 is 17.0. The van der Waals surface area contributed by atoms with E-state index in [1.54, 1.807) is 0 Å². The van der Waals surface area contributed by atoms with Gasteiger partial charge in [0.1, 0.15) is 0 Å². The minimum atomic E-state index is -3.01. The van der Waals surface area contributed by atoms with Crippen molar-refractivity contribution in [3.8, 4) is 0 Å². The maximum Gasteiger partial charge on any atom is 0.341 e. The fraction of sp³-hybridized carbons (Fsp3) is 1.00. The molecule has 0 aromatic heterocycles. The highest BCUT2D eigenvalue weighted by molar-refractivity contribution is 7.92. The van der Waals surface area contributed by atoms with Crippen LogP contribution in [-0.2, 0) is 14.6 Å². The molecule has 1 saturated heterocycles. The van der Waals surface area contributed by atoms with Gasteiger partial charge in [-0.2, -0.15) is 0 Å². The van der Waals surface area contributed by atoms with E-state index in [2.05, 4.69) is 0 Å². The van der Waals surface area contributed by atoms with Gasteiger partial charge < -0.3 is 4.74 Å². The van der Waals surface area contributed by atoms with E-state index in [0.717, 1.165) is 0 Å². The molecule has 0 saturated carbocycles. The van der Waals surface area contributed by atoms with Gasteiger partial charge in [-0.05, 0) is 25.3 Å². The van der Waals surface area contributed by atoms with Gasteiger partial charge in [-0.3, -0.25) is 0 Å². The standard InChI is InChI=1S/C7H13Cl3O3SSi/c8-15(9,10)6-2-4-13-7-3-1-5-14(7,11)12/h7H,1-6H2. The van der Waals surface area contributed by atoms with E-state index in [4.69, 9.17) is 38.0 Å². The van der Waals surface area contributed by atoms with E-state index >= 15 is 0 Å². The Kier molecular flexibility index (Phi) is 5.21. The predicted molar refractivity (Wildman–Crippen MR) is 65.5 cm³/mol. The summed E-state index contributed by atoms with van der Waals surface area (Å²) in [5.74, 6) is 0.233. The Balaban J connectivity index is 2.21. The van der Waals surface area contributed by atoms with Crippen molar-refractivity contribution in [3.05, 3.63) is 0 Å². The zero-order valence-corrected chi connectivity index (χ0v) is 12.2. The normalized spacial score (nSPS) is 25.7. The Hall–Kier alpha value is 0.997. The molecule has 1 aliphatic heterocycles. The molecule has 0 amide bonds. The van der Waals surface area contributed by atoms with E-state index in [-0.39, 0.29) is 5.75 Å². The average Bonchev–Trinajstić information content (AvgIpc) is 2.37. The van der Waals surface area contributed by atoms with Gasteiger partial charge in [0.2, 0.25) is 0 Å². The van der Waals surface area contributed by atoms with Crippen LogP contribution in [-0.4, -0.2) is 32.2 Å². The fourth-order valence-electron chi connectivity index (χ4n) is 1.44. The highest BCUT2D eigenvalue weighted by Gasteiger charge is 2.32. The first-order valence-electron chi connectivity index (χ1n) is 4.71. The molecule has 1 rings (SSSR count). The number of rotatable bonds is 5. The summed E-state index contributed by atoms with van der Waals surface area (Å²) in [5, 5.41) is 0. The SMILES string of the molecule is O=S1(=O)CCCC1OCCC[Si](Cl)(Cl)Cl. The molecular weight excluding hydrogens is 299 g/mol. The van der Waals surface area contributed by atoms with E-state index in [9.17, 15) is 8.42 Å². The zero-order chi connectivity index (χ0) is 11.5. The lowest BCUT2D eigenvalue weighted by Gasteiger charge is -2.12. The number of sulfone groups is 1. The van der Waals surface area contributed by atoms with Crippen LogP contribution >= 0.6 is 33.2 Å². The number of hydrogen-bond donors (Lipinski definition) is 0. The Morgan fingerprint density at radius 3 is 2.47 bits per heavy atom. The second-order valence-electron chi connectivity index (χ2n) is 3.53. The van der Waals surface area contributed by atoms with Crippen molar-refractivity contribution in [1.82, 2.24) is 0 Å². The summed E-state index contributed by atoms with van der Waals surface area (Å²) in [6.45, 7) is 0.352. The minimum absolute atomic E-state index is 0.233. The summed E-state index contributed by atoms with van der Waals surface area (Å²) in [5.41, 5.74) is -0.630. The van der Waals surface area contributed by atoms with Crippen LogP contribution in [0.1, 0.15) is 19.3 Å². The molecule has 1 heterocycles. The lowest BCUT2D eigenvalue weighted by molar-refractivity contribution is 0.106. The van der Waals surface area contributed by atoms with Crippen LogP contribution in [0.3, 0.4) is 0 Å². The Bertz CT molecular complexity index is 301. The predicted octanol–water partition coefficient (Wildman–Crippen LogP) is 2.58. The molecule has 0 aromatic rings. The van der Waals surface area contributed by atoms with Crippen molar-refractivity contribution in [3.63, 3.8) is 0 Å². The summed E-state index contributed by atoms with van der Waals surface area (Å²) in [6.07, 6.45) is 1.88. The first kappa shape index (κ1) is 14.1. The third-order valence-electron chi connectivity index (χ3n) is 2.18. The molecule has 90 valence electrons. The van der Waals surface area contributed by atoms with Crippen LogP contribution in [0.5, 0.6) is 0 Å². The smallest absolute Gasteiger partial charge is 0.341 e. The molecule has 0 aromatic carbocycles. The van der Waals surface area contributed by atoms with Crippen molar-refractivity contribution in [2.45, 2.75) is 30.7 Å². The van der Waals surface area contributed by atoms with Crippen molar-refractivity contribution < 1.29 is 13.2 Å². The van der Waals surface area contributed by atoms with Crippen molar-refractivity contribution in [1.29, 1.82) is 0 Å². The third kappa shape index (κ3) is 5.24. The van der Waals surface area contributed by atoms with Gasteiger partial charge in [0, 0.05) is 6.61 Å².